The normalized spacial score (nSPS) is 16.8. The number of hydrogen-bond acceptors (Lipinski definition) is 2. The highest BCUT2D eigenvalue weighted by Crippen LogP contribution is 2.64. The molecule has 0 aliphatic rings. The molecule has 1 unspecified atom stereocenters. The second kappa shape index (κ2) is 9.18. The van der Waals surface area contributed by atoms with E-state index in [9.17, 15) is 83.6 Å². The average molecular weight is 558 g/mol. The van der Waals surface area contributed by atoms with Gasteiger partial charge < -0.3 is 4.52 Å². The molecule has 0 aliphatic heterocycles. The van der Waals surface area contributed by atoms with E-state index >= 15 is 0 Å². The zero-order chi connectivity index (χ0) is 27.1. The molecule has 21 heteroatoms. The third-order valence-corrected chi connectivity index (χ3v) is 4.95. The molecule has 0 fully saturated rings. The summed E-state index contributed by atoms with van der Waals surface area (Å²) in [5, 5.41) is 0. The quantitative estimate of drug-likeness (QED) is 0.194. The summed E-state index contributed by atoms with van der Waals surface area (Å²) in [6.07, 6.45) is -12.6. The van der Waals surface area contributed by atoms with Gasteiger partial charge in [0, 0.05) is 12.6 Å². The monoisotopic (exact) mass is 558 g/mol. The topological polar surface area (TPSA) is 26.3 Å². The first kappa shape index (κ1) is 31.9. The van der Waals surface area contributed by atoms with Crippen molar-refractivity contribution in [1.82, 2.24) is 0 Å². The molecule has 0 amide bonds. The number of alkyl halides is 18. The van der Waals surface area contributed by atoms with Crippen molar-refractivity contribution in [2.45, 2.75) is 54.1 Å². The fourth-order valence-electron chi connectivity index (χ4n) is 1.84. The first-order chi connectivity index (χ1) is 14.2. The van der Waals surface area contributed by atoms with Gasteiger partial charge in [-0.15, -0.1) is 0 Å². The molecule has 0 spiro atoms. The van der Waals surface area contributed by atoms with Crippen LogP contribution in [-0.4, -0.2) is 67.1 Å². The van der Waals surface area contributed by atoms with Crippen LogP contribution in [-0.2, 0) is 9.09 Å². The molecular weight excluding hydrogens is 549 g/mol. The van der Waals surface area contributed by atoms with Crippen molar-refractivity contribution in [2.75, 3.05) is 19.4 Å². The van der Waals surface area contributed by atoms with Gasteiger partial charge in [0.2, 0.25) is 0 Å². The first-order valence-corrected chi connectivity index (χ1v) is 9.16. The molecular formula is C12H9F18O2P. The highest BCUT2D eigenvalue weighted by molar-refractivity contribution is 7.39. The Morgan fingerprint density at radius 2 is 0.879 bits per heavy atom. The molecule has 0 saturated carbocycles. The van der Waals surface area contributed by atoms with E-state index in [1.165, 1.54) is 0 Å². The standard InChI is InChI=1S/C12H9F18O2P/c13-2-3-32-33(31)4-1-5(14,15)6(16,17)7(18,19)8(20,21)9(22,23)10(24,25)11(26,27)12(28,29)30/h33H,1-4H2. The Balaban J connectivity index is 6.34. The van der Waals surface area contributed by atoms with E-state index in [2.05, 4.69) is 4.52 Å². The molecule has 1 atom stereocenters. The molecule has 200 valence electrons. The van der Waals surface area contributed by atoms with Crippen LogP contribution in [0.1, 0.15) is 6.42 Å². The zero-order valence-electron chi connectivity index (χ0n) is 14.9. The molecule has 0 radical (unpaired) electrons. The molecule has 0 heterocycles. The Kier molecular flexibility index (Phi) is 8.89. The largest absolute Gasteiger partial charge is 0.460 e. The van der Waals surface area contributed by atoms with Gasteiger partial charge in [0.1, 0.15) is 6.67 Å². The second-order valence-electron chi connectivity index (χ2n) is 6.06. The summed E-state index contributed by atoms with van der Waals surface area (Å²) >= 11 is 0. The first-order valence-electron chi connectivity index (χ1n) is 7.63. The van der Waals surface area contributed by atoms with E-state index in [1.807, 2.05) is 0 Å². The lowest BCUT2D eigenvalue weighted by molar-refractivity contribution is -0.461. The van der Waals surface area contributed by atoms with Gasteiger partial charge in [-0.2, -0.15) is 74.6 Å². The van der Waals surface area contributed by atoms with Crippen molar-refractivity contribution in [3.63, 3.8) is 0 Å². The van der Waals surface area contributed by atoms with Crippen LogP contribution in [0.4, 0.5) is 79.0 Å². The SMILES string of the molecule is O=[PH](CCC(F)(F)C(F)(F)C(F)(F)C(F)(F)C(F)(F)C(F)(F)C(F)(F)C(F)(F)F)OCCF. The Morgan fingerprint density at radius 3 is 1.21 bits per heavy atom. The van der Waals surface area contributed by atoms with E-state index in [1.54, 1.807) is 0 Å². The Hall–Kier alpha value is -1.07. The number of rotatable bonds is 12. The van der Waals surface area contributed by atoms with E-state index in [4.69, 9.17) is 0 Å². The summed E-state index contributed by atoms with van der Waals surface area (Å²) in [6, 6.07) is 0. The van der Waals surface area contributed by atoms with Gasteiger partial charge in [-0.1, -0.05) is 0 Å². The van der Waals surface area contributed by atoms with Crippen LogP contribution < -0.4 is 0 Å². The molecule has 0 aromatic heterocycles. The summed E-state index contributed by atoms with van der Waals surface area (Å²) in [5.41, 5.74) is 0. The van der Waals surface area contributed by atoms with Crippen LogP contribution in [0.2, 0.25) is 0 Å². The van der Waals surface area contributed by atoms with Crippen molar-refractivity contribution in [3.05, 3.63) is 0 Å². The minimum absolute atomic E-state index is 1.11. The summed E-state index contributed by atoms with van der Waals surface area (Å²) in [5.74, 6) is -57.0. The van der Waals surface area contributed by atoms with Crippen molar-refractivity contribution in [3.8, 4) is 0 Å². The van der Waals surface area contributed by atoms with Gasteiger partial charge in [0.25, 0.3) is 0 Å². The van der Waals surface area contributed by atoms with E-state index in [0.29, 0.717) is 0 Å². The summed E-state index contributed by atoms with van der Waals surface area (Å²) < 4.78 is 247. The van der Waals surface area contributed by atoms with Crippen LogP contribution in [0.15, 0.2) is 0 Å². The van der Waals surface area contributed by atoms with Gasteiger partial charge >= 0.3 is 47.6 Å². The molecule has 0 saturated heterocycles. The molecule has 33 heavy (non-hydrogen) atoms. The summed E-state index contributed by atoms with van der Waals surface area (Å²) in [4.78, 5) is 0. The fourth-order valence-corrected chi connectivity index (χ4v) is 2.80. The molecule has 0 rings (SSSR count). The van der Waals surface area contributed by atoms with Crippen molar-refractivity contribution >= 4 is 8.03 Å². The van der Waals surface area contributed by atoms with Crippen LogP contribution in [0.5, 0.6) is 0 Å². The van der Waals surface area contributed by atoms with Gasteiger partial charge in [-0.25, -0.2) is 4.39 Å². The number of halogens is 18. The lowest BCUT2D eigenvalue weighted by atomic mass is 9.88. The van der Waals surface area contributed by atoms with Crippen LogP contribution in [0.25, 0.3) is 0 Å². The minimum Gasteiger partial charge on any atom is -0.328 e. The van der Waals surface area contributed by atoms with Gasteiger partial charge in [-0.05, 0) is 0 Å². The van der Waals surface area contributed by atoms with E-state index in [-0.39, 0.29) is 0 Å². The molecule has 0 bridgehead atoms. The van der Waals surface area contributed by atoms with E-state index in [0.717, 1.165) is 0 Å². The van der Waals surface area contributed by atoms with Gasteiger partial charge in [0.15, 0.2) is 8.03 Å². The maximum Gasteiger partial charge on any atom is 0.460 e. The van der Waals surface area contributed by atoms with Crippen LogP contribution >= 0.6 is 8.03 Å². The van der Waals surface area contributed by atoms with Gasteiger partial charge in [-0.3, -0.25) is 4.57 Å². The average Bonchev–Trinajstić information content (AvgIpc) is 2.62. The van der Waals surface area contributed by atoms with Crippen molar-refractivity contribution in [1.29, 1.82) is 0 Å². The third-order valence-electron chi connectivity index (χ3n) is 3.77. The molecule has 0 aliphatic carbocycles. The highest BCUT2D eigenvalue weighted by Gasteiger charge is 2.95. The maximum absolute atomic E-state index is 13.5. The third kappa shape index (κ3) is 5.00. The highest BCUT2D eigenvalue weighted by atomic mass is 31.1. The smallest absolute Gasteiger partial charge is 0.328 e. The Bertz CT molecular complexity index is 699. The fraction of sp³-hybridized carbons (Fsp3) is 1.00. The van der Waals surface area contributed by atoms with Crippen LogP contribution in [0.3, 0.4) is 0 Å². The zero-order valence-corrected chi connectivity index (χ0v) is 15.9. The van der Waals surface area contributed by atoms with Crippen molar-refractivity contribution in [2.24, 2.45) is 0 Å². The Labute approximate surface area is 171 Å². The molecule has 0 N–H and O–H groups in total. The molecule has 0 aromatic rings. The van der Waals surface area contributed by atoms with E-state index < -0.39 is 81.5 Å². The lowest BCUT2D eigenvalue weighted by Crippen LogP contribution is -2.74. The minimum atomic E-state index is -8.69. The predicted octanol–water partition coefficient (Wildman–Crippen LogP) is 6.85. The molecule has 0 aromatic carbocycles. The summed E-state index contributed by atoms with van der Waals surface area (Å²) in [6.45, 7) is -2.54. The van der Waals surface area contributed by atoms with Crippen LogP contribution in [0, 0.1) is 0 Å². The van der Waals surface area contributed by atoms with Crippen molar-refractivity contribution < 1.29 is 88.1 Å². The van der Waals surface area contributed by atoms with Gasteiger partial charge in [0.05, 0.1) is 6.61 Å². The second-order valence-corrected chi connectivity index (χ2v) is 7.59. The maximum atomic E-state index is 13.5. The predicted molar refractivity (Wildman–Crippen MR) is 71.1 cm³/mol. The lowest BCUT2D eigenvalue weighted by Gasteiger charge is -2.42. The number of hydrogen-bond donors (Lipinski definition) is 0. The summed E-state index contributed by atoms with van der Waals surface area (Å²) in [7, 11) is -3.94. The molecule has 2 nitrogen and oxygen atoms in total. The Morgan fingerprint density at radius 1 is 0.545 bits per heavy atom.